The number of H-pyrrole nitrogens is 1. The van der Waals surface area contributed by atoms with Crippen LogP contribution < -0.4 is 20.5 Å². The van der Waals surface area contributed by atoms with Crippen molar-refractivity contribution >= 4 is 22.6 Å². The molecule has 0 radical (unpaired) electrons. The summed E-state index contributed by atoms with van der Waals surface area (Å²) >= 11 is 0. The van der Waals surface area contributed by atoms with Crippen LogP contribution in [0.2, 0.25) is 0 Å². The van der Waals surface area contributed by atoms with Crippen molar-refractivity contribution in [1.82, 2.24) is 25.2 Å². The normalized spacial score (nSPS) is 16.5. The molecule has 12 heteroatoms. The number of carbonyl (C=O) groups excluding carboxylic acids is 1. The minimum Gasteiger partial charge on any atom is -0.432 e. The van der Waals surface area contributed by atoms with Gasteiger partial charge in [0.25, 0.3) is 11.5 Å². The highest BCUT2D eigenvalue weighted by molar-refractivity contribution is 5.92. The van der Waals surface area contributed by atoms with Gasteiger partial charge in [-0.1, -0.05) is 0 Å². The molecule has 0 spiro atoms. The molecule has 0 atom stereocenters. The van der Waals surface area contributed by atoms with Crippen LogP contribution in [0.4, 0.5) is 18.9 Å². The molecule has 0 bridgehead atoms. The molecule has 36 heavy (non-hydrogen) atoms. The number of piperazine rings is 1. The van der Waals surface area contributed by atoms with Gasteiger partial charge in [-0.15, -0.1) is 0 Å². The minimum atomic E-state index is -3.03. The molecule has 2 fully saturated rings. The number of rotatable bonds is 7. The summed E-state index contributed by atoms with van der Waals surface area (Å²) < 4.78 is 45.3. The van der Waals surface area contributed by atoms with Crippen LogP contribution in [-0.2, 0) is 6.54 Å². The second-order valence-electron chi connectivity index (χ2n) is 9.04. The van der Waals surface area contributed by atoms with Crippen molar-refractivity contribution in [1.29, 1.82) is 0 Å². The maximum absolute atomic E-state index is 14.7. The number of fused-ring (bicyclic) bond motifs is 1. The summed E-state index contributed by atoms with van der Waals surface area (Å²) in [6.07, 6.45) is 1.87. The maximum Gasteiger partial charge on any atom is 0.387 e. The number of aromatic amines is 1. The van der Waals surface area contributed by atoms with Crippen LogP contribution in [-0.4, -0.2) is 64.6 Å². The van der Waals surface area contributed by atoms with Gasteiger partial charge in [-0.25, -0.2) is 9.97 Å². The molecule has 2 aliphatic rings. The van der Waals surface area contributed by atoms with Crippen molar-refractivity contribution in [2.45, 2.75) is 39.0 Å². The van der Waals surface area contributed by atoms with E-state index in [1.54, 1.807) is 12.1 Å². The lowest BCUT2D eigenvalue weighted by Crippen LogP contribution is -2.46. The van der Waals surface area contributed by atoms with E-state index >= 15 is 0 Å². The molecule has 1 aliphatic heterocycles. The number of nitrogens with one attached hydrogen (secondary N) is 2. The number of alkyl halides is 2. The first kappa shape index (κ1) is 24.0. The third-order valence-electron chi connectivity index (χ3n) is 6.30. The van der Waals surface area contributed by atoms with Crippen molar-refractivity contribution in [3.05, 3.63) is 57.5 Å². The SMILES string of the molecule is Cc1nc2c(OC(F)F)cc(CN3CCN(c4ccc(C(=O)NC5CC5)nc4F)CC3)cc2[nH]c1=O. The van der Waals surface area contributed by atoms with Crippen LogP contribution in [0.15, 0.2) is 29.1 Å². The van der Waals surface area contributed by atoms with Gasteiger partial charge < -0.3 is 19.9 Å². The Labute approximate surface area is 204 Å². The van der Waals surface area contributed by atoms with Crippen molar-refractivity contribution in [3.63, 3.8) is 0 Å². The highest BCUT2D eigenvalue weighted by Gasteiger charge is 2.26. The molecule has 2 N–H and O–H groups in total. The topological polar surface area (TPSA) is 103 Å². The number of nitrogens with zero attached hydrogens (tertiary/aromatic N) is 4. The Morgan fingerprint density at radius 3 is 2.61 bits per heavy atom. The van der Waals surface area contributed by atoms with E-state index in [4.69, 9.17) is 0 Å². The summed E-state index contributed by atoms with van der Waals surface area (Å²) in [7, 11) is 0. The first-order valence-electron chi connectivity index (χ1n) is 11.7. The number of aryl methyl sites for hydroxylation is 1. The fourth-order valence-corrected chi connectivity index (χ4v) is 4.27. The first-order chi connectivity index (χ1) is 17.3. The fraction of sp³-hybridized carbons (Fsp3) is 0.417. The molecule has 0 unspecified atom stereocenters. The van der Waals surface area contributed by atoms with E-state index in [9.17, 15) is 22.8 Å². The van der Waals surface area contributed by atoms with Crippen LogP contribution >= 0.6 is 0 Å². The average Bonchev–Trinajstić information content (AvgIpc) is 3.64. The standard InChI is InChI=1S/C24H25F3N6O3/c1-13-22(34)31-17-10-14(11-19(20(17)28-13)36-24(26)27)12-32-6-8-33(9-7-32)18-5-4-16(30-21(18)25)23(35)29-15-2-3-15/h4-5,10-11,15,24H,2-3,6-9,12H2,1H3,(H,29,35)(H,31,34). The zero-order valence-corrected chi connectivity index (χ0v) is 19.6. The molecule has 9 nitrogen and oxygen atoms in total. The smallest absolute Gasteiger partial charge is 0.387 e. The maximum atomic E-state index is 14.7. The molecular formula is C24H25F3N6O3. The number of pyridine rings is 1. The second-order valence-corrected chi connectivity index (χ2v) is 9.04. The molecule has 1 aromatic carbocycles. The van der Waals surface area contributed by atoms with Gasteiger partial charge in [0.05, 0.1) is 11.2 Å². The van der Waals surface area contributed by atoms with Crippen molar-refractivity contribution in [2.75, 3.05) is 31.1 Å². The predicted octanol–water partition coefficient (Wildman–Crippen LogP) is 2.58. The molecule has 3 aromatic rings. The van der Waals surface area contributed by atoms with E-state index in [2.05, 4.69) is 29.9 Å². The molecule has 1 amide bonds. The Balaban J connectivity index is 1.26. The number of hydrogen-bond acceptors (Lipinski definition) is 7. The van der Waals surface area contributed by atoms with E-state index in [-0.39, 0.29) is 34.6 Å². The van der Waals surface area contributed by atoms with Gasteiger partial charge in [-0.3, -0.25) is 14.5 Å². The van der Waals surface area contributed by atoms with Crippen molar-refractivity contribution in [3.8, 4) is 5.75 Å². The number of hydrogen-bond donors (Lipinski definition) is 2. The number of anilines is 1. The van der Waals surface area contributed by atoms with Crippen LogP contribution in [0.25, 0.3) is 11.0 Å². The van der Waals surface area contributed by atoms with Gasteiger partial charge in [0, 0.05) is 38.8 Å². The van der Waals surface area contributed by atoms with E-state index in [1.807, 2.05) is 4.90 Å². The number of ether oxygens (including phenoxy) is 1. The zero-order valence-electron chi connectivity index (χ0n) is 19.6. The molecule has 3 heterocycles. The lowest BCUT2D eigenvalue weighted by molar-refractivity contribution is -0.0489. The average molecular weight is 502 g/mol. The predicted molar refractivity (Wildman–Crippen MR) is 126 cm³/mol. The van der Waals surface area contributed by atoms with Gasteiger partial charge >= 0.3 is 6.61 Å². The van der Waals surface area contributed by atoms with Crippen LogP contribution in [0.1, 0.15) is 34.6 Å². The number of carbonyl (C=O) groups is 1. The van der Waals surface area contributed by atoms with E-state index < -0.39 is 18.1 Å². The lowest BCUT2D eigenvalue weighted by Gasteiger charge is -2.36. The van der Waals surface area contributed by atoms with Gasteiger partial charge in [-0.05, 0) is 49.6 Å². The largest absolute Gasteiger partial charge is 0.432 e. The van der Waals surface area contributed by atoms with Gasteiger partial charge in [0.1, 0.15) is 16.9 Å². The minimum absolute atomic E-state index is 0.0580. The second kappa shape index (κ2) is 9.76. The summed E-state index contributed by atoms with van der Waals surface area (Å²) in [4.78, 5) is 38.7. The summed E-state index contributed by atoms with van der Waals surface area (Å²) in [5, 5.41) is 2.79. The van der Waals surface area contributed by atoms with Gasteiger partial charge in [-0.2, -0.15) is 13.2 Å². The van der Waals surface area contributed by atoms with Crippen LogP contribution in [0.3, 0.4) is 0 Å². The highest BCUT2D eigenvalue weighted by Crippen LogP contribution is 2.28. The fourth-order valence-electron chi connectivity index (χ4n) is 4.27. The van der Waals surface area contributed by atoms with E-state index in [0.29, 0.717) is 49.5 Å². The monoisotopic (exact) mass is 502 g/mol. The first-order valence-corrected chi connectivity index (χ1v) is 11.7. The van der Waals surface area contributed by atoms with Crippen LogP contribution in [0.5, 0.6) is 5.75 Å². The number of amides is 1. The van der Waals surface area contributed by atoms with Gasteiger partial charge in [0.2, 0.25) is 5.95 Å². The summed E-state index contributed by atoms with van der Waals surface area (Å²) in [6.45, 7) is 1.06. The highest BCUT2D eigenvalue weighted by atomic mass is 19.3. The third kappa shape index (κ3) is 5.27. The molecule has 2 aromatic heterocycles. The molecule has 1 saturated heterocycles. The Bertz CT molecular complexity index is 1350. The Morgan fingerprint density at radius 2 is 1.94 bits per heavy atom. The number of benzene rings is 1. The Kier molecular flexibility index (Phi) is 6.52. The van der Waals surface area contributed by atoms with E-state index in [1.165, 1.54) is 19.1 Å². The third-order valence-corrected chi connectivity index (χ3v) is 6.30. The summed E-state index contributed by atoms with van der Waals surface area (Å²) in [5.41, 5.74) is 1.30. The number of aromatic nitrogens is 3. The number of halogens is 3. The molecule has 190 valence electrons. The quantitative estimate of drug-likeness (QED) is 0.479. The Hall–Kier alpha value is -3.67. The zero-order chi connectivity index (χ0) is 25.4. The molecule has 1 saturated carbocycles. The van der Waals surface area contributed by atoms with E-state index in [0.717, 1.165) is 12.8 Å². The van der Waals surface area contributed by atoms with Crippen LogP contribution in [0, 0.1) is 12.9 Å². The molecule has 5 rings (SSSR count). The Morgan fingerprint density at radius 1 is 1.19 bits per heavy atom. The molecular weight excluding hydrogens is 477 g/mol. The van der Waals surface area contributed by atoms with Gasteiger partial charge in [0.15, 0.2) is 5.75 Å². The summed E-state index contributed by atoms with van der Waals surface area (Å²) in [5.74, 6) is -1.17. The molecule has 1 aliphatic carbocycles. The van der Waals surface area contributed by atoms with Crippen molar-refractivity contribution < 1.29 is 22.7 Å². The van der Waals surface area contributed by atoms with Crippen molar-refractivity contribution in [2.24, 2.45) is 0 Å². The lowest BCUT2D eigenvalue weighted by atomic mass is 10.1. The summed E-state index contributed by atoms with van der Waals surface area (Å²) in [6, 6.07) is 6.46.